The summed E-state index contributed by atoms with van der Waals surface area (Å²) in [6.07, 6.45) is 1.47. The maximum atomic E-state index is 11.6. The number of carbonyl (C=O) groups is 2. The standard InChI is InChI=1S/C18H22N4O2/c23-17(19-13-11-15-7-3-1-4-8-15)21-22-18(24)20-14-12-16-9-5-2-6-10-16/h1-10H,11-14H2,(H2,19,21,23)(H2,20,22,24). The van der Waals surface area contributed by atoms with Gasteiger partial charge in [-0.3, -0.25) is 0 Å². The first-order chi connectivity index (χ1) is 11.7. The fourth-order valence-electron chi connectivity index (χ4n) is 2.13. The number of nitrogens with one attached hydrogen (secondary N) is 4. The van der Waals surface area contributed by atoms with Gasteiger partial charge in [0, 0.05) is 13.1 Å². The Balaban J connectivity index is 1.53. The number of benzene rings is 2. The van der Waals surface area contributed by atoms with Crippen LogP contribution in [0.1, 0.15) is 11.1 Å². The number of hydrogen-bond donors (Lipinski definition) is 4. The number of urea groups is 2. The van der Waals surface area contributed by atoms with E-state index < -0.39 is 12.1 Å². The Labute approximate surface area is 141 Å². The molecule has 0 atom stereocenters. The van der Waals surface area contributed by atoms with Crippen LogP contribution in [0.4, 0.5) is 9.59 Å². The molecule has 0 heterocycles. The van der Waals surface area contributed by atoms with Crippen molar-refractivity contribution in [3.05, 3.63) is 71.8 Å². The summed E-state index contributed by atoms with van der Waals surface area (Å²) in [7, 11) is 0. The zero-order valence-electron chi connectivity index (χ0n) is 13.4. The molecule has 2 aromatic carbocycles. The van der Waals surface area contributed by atoms with Crippen LogP contribution in [0.2, 0.25) is 0 Å². The van der Waals surface area contributed by atoms with E-state index in [1.807, 2.05) is 60.7 Å². The van der Waals surface area contributed by atoms with Crippen molar-refractivity contribution in [1.82, 2.24) is 21.5 Å². The first kappa shape index (κ1) is 17.3. The smallest absolute Gasteiger partial charge is 0.333 e. The molecule has 0 fully saturated rings. The molecule has 0 saturated carbocycles. The quantitative estimate of drug-likeness (QED) is 0.612. The van der Waals surface area contributed by atoms with Crippen LogP contribution in [-0.4, -0.2) is 25.2 Å². The molecule has 6 nitrogen and oxygen atoms in total. The summed E-state index contributed by atoms with van der Waals surface area (Å²) >= 11 is 0. The van der Waals surface area contributed by atoms with Crippen molar-refractivity contribution in [2.45, 2.75) is 12.8 Å². The summed E-state index contributed by atoms with van der Waals surface area (Å²) < 4.78 is 0. The van der Waals surface area contributed by atoms with Crippen molar-refractivity contribution in [3.63, 3.8) is 0 Å². The van der Waals surface area contributed by atoms with Crippen molar-refractivity contribution in [3.8, 4) is 0 Å². The zero-order chi connectivity index (χ0) is 17.0. The average Bonchev–Trinajstić information content (AvgIpc) is 2.62. The molecule has 0 saturated heterocycles. The van der Waals surface area contributed by atoms with Crippen molar-refractivity contribution >= 4 is 12.1 Å². The molecule has 4 N–H and O–H groups in total. The molecule has 6 heteroatoms. The molecule has 0 unspecified atom stereocenters. The minimum absolute atomic E-state index is 0.441. The molecule has 0 radical (unpaired) electrons. The van der Waals surface area contributed by atoms with E-state index in [0.717, 1.165) is 24.0 Å². The van der Waals surface area contributed by atoms with Gasteiger partial charge in [-0.25, -0.2) is 20.4 Å². The lowest BCUT2D eigenvalue weighted by molar-refractivity contribution is 0.224. The van der Waals surface area contributed by atoms with Crippen molar-refractivity contribution in [2.24, 2.45) is 0 Å². The molecule has 0 spiro atoms. The Kier molecular flexibility index (Phi) is 7.14. The molecule has 126 valence electrons. The topological polar surface area (TPSA) is 82.3 Å². The van der Waals surface area contributed by atoms with E-state index in [0.29, 0.717) is 13.1 Å². The Morgan fingerprint density at radius 3 is 1.38 bits per heavy atom. The average molecular weight is 326 g/mol. The van der Waals surface area contributed by atoms with Gasteiger partial charge in [-0.05, 0) is 24.0 Å². The summed E-state index contributed by atoms with van der Waals surface area (Å²) in [5.74, 6) is 0. The summed E-state index contributed by atoms with van der Waals surface area (Å²) in [4.78, 5) is 23.1. The highest BCUT2D eigenvalue weighted by atomic mass is 16.2. The lowest BCUT2D eigenvalue weighted by Crippen LogP contribution is -2.51. The van der Waals surface area contributed by atoms with Gasteiger partial charge in [-0.2, -0.15) is 0 Å². The van der Waals surface area contributed by atoms with E-state index in [1.54, 1.807) is 0 Å². The summed E-state index contributed by atoms with van der Waals surface area (Å²) in [5.41, 5.74) is 6.90. The van der Waals surface area contributed by atoms with Crippen molar-refractivity contribution in [1.29, 1.82) is 0 Å². The molecule has 0 aliphatic rings. The number of hydrazine groups is 1. The Morgan fingerprint density at radius 2 is 1.00 bits per heavy atom. The van der Waals surface area contributed by atoms with E-state index in [4.69, 9.17) is 0 Å². The molecule has 0 aliphatic carbocycles. The maximum absolute atomic E-state index is 11.6. The molecule has 0 bridgehead atoms. The largest absolute Gasteiger partial charge is 0.336 e. The highest BCUT2D eigenvalue weighted by Crippen LogP contribution is 1.98. The van der Waals surface area contributed by atoms with Crippen LogP contribution in [0.25, 0.3) is 0 Å². The summed E-state index contributed by atoms with van der Waals surface area (Å²) in [5, 5.41) is 5.35. The number of rotatable bonds is 6. The number of amides is 4. The van der Waals surface area contributed by atoms with Gasteiger partial charge in [0.1, 0.15) is 0 Å². The van der Waals surface area contributed by atoms with E-state index >= 15 is 0 Å². The molecule has 0 aliphatic heterocycles. The second kappa shape index (κ2) is 9.89. The molecule has 4 amide bonds. The van der Waals surface area contributed by atoms with Gasteiger partial charge >= 0.3 is 12.1 Å². The zero-order valence-corrected chi connectivity index (χ0v) is 13.4. The summed E-state index contributed by atoms with van der Waals surface area (Å²) in [6.45, 7) is 0.986. The van der Waals surface area contributed by atoms with Gasteiger partial charge in [0.2, 0.25) is 0 Å². The van der Waals surface area contributed by atoms with Crippen LogP contribution >= 0.6 is 0 Å². The molecule has 2 aromatic rings. The van der Waals surface area contributed by atoms with Crippen LogP contribution in [0.3, 0.4) is 0 Å². The van der Waals surface area contributed by atoms with E-state index in [2.05, 4.69) is 21.5 Å². The minimum Gasteiger partial charge on any atom is -0.336 e. The first-order valence-corrected chi connectivity index (χ1v) is 7.89. The highest BCUT2D eigenvalue weighted by Gasteiger charge is 2.03. The van der Waals surface area contributed by atoms with Crippen molar-refractivity contribution in [2.75, 3.05) is 13.1 Å². The van der Waals surface area contributed by atoms with Crippen LogP contribution < -0.4 is 21.5 Å². The van der Waals surface area contributed by atoms with Crippen molar-refractivity contribution < 1.29 is 9.59 Å². The second-order valence-corrected chi connectivity index (χ2v) is 5.23. The van der Waals surface area contributed by atoms with Gasteiger partial charge in [0.05, 0.1) is 0 Å². The van der Waals surface area contributed by atoms with E-state index in [-0.39, 0.29) is 0 Å². The second-order valence-electron chi connectivity index (χ2n) is 5.23. The van der Waals surface area contributed by atoms with Crippen LogP contribution in [0, 0.1) is 0 Å². The third-order valence-electron chi connectivity index (χ3n) is 3.37. The third-order valence-corrected chi connectivity index (χ3v) is 3.37. The van der Waals surface area contributed by atoms with Crippen LogP contribution in [0.5, 0.6) is 0 Å². The molecule has 2 rings (SSSR count). The monoisotopic (exact) mass is 326 g/mol. The van der Waals surface area contributed by atoms with Crippen LogP contribution in [0.15, 0.2) is 60.7 Å². The SMILES string of the molecule is O=C(NCCc1ccccc1)NNC(=O)NCCc1ccccc1. The predicted octanol–water partition coefficient (Wildman–Crippen LogP) is 1.99. The fourth-order valence-corrected chi connectivity index (χ4v) is 2.13. The fraction of sp³-hybridized carbons (Fsp3) is 0.222. The van der Waals surface area contributed by atoms with E-state index in [9.17, 15) is 9.59 Å². The molecule has 0 aromatic heterocycles. The van der Waals surface area contributed by atoms with Gasteiger partial charge in [0.25, 0.3) is 0 Å². The molecular formula is C18H22N4O2. The highest BCUT2D eigenvalue weighted by molar-refractivity contribution is 5.79. The van der Waals surface area contributed by atoms with Gasteiger partial charge in [-0.1, -0.05) is 60.7 Å². The minimum atomic E-state index is -0.441. The van der Waals surface area contributed by atoms with Gasteiger partial charge < -0.3 is 10.6 Å². The Bertz CT molecular complexity index is 574. The lowest BCUT2D eigenvalue weighted by Gasteiger charge is -2.10. The van der Waals surface area contributed by atoms with Gasteiger partial charge in [-0.15, -0.1) is 0 Å². The third kappa shape index (κ3) is 6.83. The number of hydrogen-bond acceptors (Lipinski definition) is 2. The number of carbonyl (C=O) groups excluding carboxylic acids is 2. The Morgan fingerprint density at radius 1 is 0.625 bits per heavy atom. The first-order valence-electron chi connectivity index (χ1n) is 7.89. The lowest BCUT2D eigenvalue weighted by atomic mass is 10.1. The molecule has 24 heavy (non-hydrogen) atoms. The molecular weight excluding hydrogens is 304 g/mol. The van der Waals surface area contributed by atoms with Gasteiger partial charge in [0.15, 0.2) is 0 Å². The van der Waals surface area contributed by atoms with E-state index in [1.165, 1.54) is 0 Å². The normalized spacial score (nSPS) is 9.83. The van der Waals surface area contributed by atoms with Crippen LogP contribution in [-0.2, 0) is 12.8 Å². The summed E-state index contributed by atoms with van der Waals surface area (Å²) in [6, 6.07) is 18.8. The maximum Gasteiger partial charge on any atom is 0.333 e. The Hall–Kier alpha value is -3.02. The predicted molar refractivity (Wildman–Crippen MR) is 93.4 cm³/mol.